The van der Waals surface area contributed by atoms with E-state index >= 15 is 0 Å². The molecule has 0 spiro atoms. The first-order valence-corrected chi connectivity index (χ1v) is 9.30. The molecule has 3 aromatic carbocycles. The number of aliphatic hydroxyl groups is 1. The third-order valence-electron chi connectivity index (χ3n) is 4.31. The van der Waals surface area contributed by atoms with E-state index in [4.69, 9.17) is 5.11 Å². The molecule has 3 rings (SSSR count). The van der Waals surface area contributed by atoms with E-state index in [1.54, 1.807) is 12.1 Å². The second-order valence-corrected chi connectivity index (χ2v) is 6.36. The number of anilines is 1. The van der Waals surface area contributed by atoms with Crippen molar-refractivity contribution in [3.05, 3.63) is 102 Å². The Morgan fingerprint density at radius 1 is 0.821 bits per heavy atom. The summed E-state index contributed by atoms with van der Waals surface area (Å²) < 4.78 is 0. The molecule has 0 aliphatic rings. The van der Waals surface area contributed by atoms with Gasteiger partial charge in [-0.2, -0.15) is 0 Å². The zero-order valence-electron chi connectivity index (χ0n) is 15.6. The predicted molar refractivity (Wildman–Crippen MR) is 115 cm³/mol. The van der Waals surface area contributed by atoms with E-state index in [1.165, 1.54) is 11.1 Å². The molecule has 0 aromatic heterocycles. The summed E-state index contributed by atoms with van der Waals surface area (Å²) in [5.41, 5.74) is 5.00. The van der Waals surface area contributed by atoms with Gasteiger partial charge in [-0.15, -0.1) is 0 Å². The maximum absolute atomic E-state index is 11.9. The van der Waals surface area contributed by atoms with Crippen molar-refractivity contribution in [2.45, 2.75) is 0 Å². The Hall–Kier alpha value is -3.37. The maximum atomic E-state index is 11.9. The van der Waals surface area contributed by atoms with E-state index < -0.39 is 0 Å². The highest BCUT2D eigenvalue weighted by Crippen LogP contribution is 2.19. The number of carbonyl (C=O) groups is 1. The number of hydrogen-bond donors (Lipinski definition) is 3. The summed E-state index contributed by atoms with van der Waals surface area (Å²) >= 11 is 0. The van der Waals surface area contributed by atoms with Gasteiger partial charge in [-0.05, 0) is 47.0 Å². The van der Waals surface area contributed by atoms with Crippen LogP contribution >= 0.6 is 0 Å². The molecule has 0 saturated carbocycles. The number of rotatable bonds is 8. The minimum Gasteiger partial charge on any atom is -0.395 e. The van der Waals surface area contributed by atoms with Crippen molar-refractivity contribution in [3.63, 3.8) is 0 Å². The standard InChI is InChI=1S/C24H24N2O2/c27-16-15-25-24(28)21-11-13-23(14-12-21)26-18-22(20-9-5-2-6-10-20)17-19-7-3-1-4-8-19/h1-14,17,26-27H,15-16,18H2,(H,25,28). The molecule has 0 saturated heterocycles. The van der Waals surface area contributed by atoms with Crippen LogP contribution in [0.25, 0.3) is 11.6 Å². The van der Waals surface area contributed by atoms with Crippen molar-refractivity contribution in [1.82, 2.24) is 5.32 Å². The van der Waals surface area contributed by atoms with Crippen molar-refractivity contribution in [2.24, 2.45) is 0 Å². The highest BCUT2D eigenvalue weighted by molar-refractivity contribution is 5.94. The summed E-state index contributed by atoms with van der Waals surface area (Å²) in [7, 11) is 0. The van der Waals surface area contributed by atoms with Gasteiger partial charge in [-0.25, -0.2) is 0 Å². The van der Waals surface area contributed by atoms with E-state index in [1.807, 2.05) is 48.5 Å². The molecular formula is C24H24N2O2. The summed E-state index contributed by atoms with van der Waals surface area (Å²) in [6.45, 7) is 0.847. The number of amides is 1. The number of carbonyl (C=O) groups excluding carboxylic acids is 1. The number of hydrogen-bond acceptors (Lipinski definition) is 3. The Kier molecular flexibility index (Phi) is 6.99. The van der Waals surface area contributed by atoms with Crippen LogP contribution in [0.15, 0.2) is 84.9 Å². The van der Waals surface area contributed by atoms with Crippen LogP contribution in [0.5, 0.6) is 0 Å². The monoisotopic (exact) mass is 372 g/mol. The Labute approximate surface area is 165 Å². The third kappa shape index (κ3) is 5.56. The van der Waals surface area contributed by atoms with Gasteiger partial charge in [0.05, 0.1) is 6.61 Å². The molecule has 4 heteroatoms. The van der Waals surface area contributed by atoms with Crippen molar-refractivity contribution in [1.29, 1.82) is 0 Å². The lowest BCUT2D eigenvalue weighted by atomic mass is 10.0. The van der Waals surface area contributed by atoms with Crippen LogP contribution in [0.1, 0.15) is 21.5 Å². The molecular weight excluding hydrogens is 348 g/mol. The highest BCUT2D eigenvalue weighted by Gasteiger charge is 2.05. The van der Waals surface area contributed by atoms with Crippen molar-refractivity contribution in [3.8, 4) is 0 Å². The molecule has 0 radical (unpaired) electrons. The Morgan fingerprint density at radius 2 is 1.46 bits per heavy atom. The molecule has 1 amide bonds. The highest BCUT2D eigenvalue weighted by atomic mass is 16.3. The third-order valence-corrected chi connectivity index (χ3v) is 4.31. The summed E-state index contributed by atoms with van der Waals surface area (Å²) in [5.74, 6) is -0.186. The zero-order chi connectivity index (χ0) is 19.6. The first kappa shape index (κ1) is 19.4. The number of benzene rings is 3. The molecule has 4 nitrogen and oxygen atoms in total. The molecule has 3 aromatic rings. The second-order valence-electron chi connectivity index (χ2n) is 6.36. The van der Waals surface area contributed by atoms with Gasteiger partial charge in [0.25, 0.3) is 5.91 Å². The van der Waals surface area contributed by atoms with Crippen LogP contribution < -0.4 is 10.6 Å². The summed E-state index contributed by atoms with van der Waals surface area (Å²) in [4.78, 5) is 11.9. The minimum absolute atomic E-state index is 0.0681. The molecule has 3 N–H and O–H groups in total. The van der Waals surface area contributed by atoms with E-state index in [0.717, 1.165) is 11.3 Å². The fourth-order valence-electron chi connectivity index (χ4n) is 2.85. The average Bonchev–Trinajstić information content (AvgIpc) is 2.76. The summed E-state index contributed by atoms with van der Waals surface area (Å²) in [6.07, 6.45) is 2.18. The fraction of sp³-hybridized carbons (Fsp3) is 0.125. The van der Waals surface area contributed by atoms with Crippen LogP contribution in [0.4, 0.5) is 5.69 Å². The Balaban J connectivity index is 1.72. The summed E-state index contributed by atoms with van der Waals surface area (Å²) in [6, 6.07) is 27.9. The van der Waals surface area contributed by atoms with Crippen LogP contribution in [0.3, 0.4) is 0 Å². The van der Waals surface area contributed by atoms with Gasteiger partial charge >= 0.3 is 0 Å². The van der Waals surface area contributed by atoms with Gasteiger partial charge in [-0.1, -0.05) is 60.7 Å². The molecule has 0 unspecified atom stereocenters. The lowest BCUT2D eigenvalue weighted by Gasteiger charge is -2.12. The van der Waals surface area contributed by atoms with E-state index in [2.05, 4.69) is 41.0 Å². The fourth-order valence-corrected chi connectivity index (χ4v) is 2.85. The van der Waals surface area contributed by atoms with Gasteiger partial charge in [-0.3, -0.25) is 4.79 Å². The Bertz CT molecular complexity index is 904. The molecule has 0 fully saturated rings. The zero-order valence-corrected chi connectivity index (χ0v) is 15.6. The normalized spacial score (nSPS) is 11.1. The lowest BCUT2D eigenvalue weighted by molar-refractivity contribution is 0.0945. The van der Waals surface area contributed by atoms with Crippen LogP contribution in [-0.4, -0.2) is 30.7 Å². The van der Waals surface area contributed by atoms with E-state index in [9.17, 15) is 4.79 Å². The van der Waals surface area contributed by atoms with Crippen LogP contribution in [0.2, 0.25) is 0 Å². The van der Waals surface area contributed by atoms with Crippen molar-refractivity contribution < 1.29 is 9.90 Å². The molecule has 0 aliphatic carbocycles. The molecule has 0 aliphatic heterocycles. The summed E-state index contributed by atoms with van der Waals surface area (Å²) in [5, 5.41) is 14.9. The first-order chi connectivity index (χ1) is 13.8. The first-order valence-electron chi connectivity index (χ1n) is 9.30. The van der Waals surface area contributed by atoms with Crippen LogP contribution in [0, 0.1) is 0 Å². The van der Waals surface area contributed by atoms with Crippen molar-refractivity contribution in [2.75, 3.05) is 25.0 Å². The SMILES string of the molecule is O=C(NCCO)c1ccc(NCC(=Cc2ccccc2)c2ccccc2)cc1. The molecule has 28 heavy (non-hydrogen) atoms. The predicted octanol–water partition coefficient (Wildman–Crippen LogP) is 4.06. The van der Waals surface area contributed by atoms with Gasteiger partial charge in [0.2, 0.25) is 0 Å². The average molecular weight is 372 g/mol. The molecule has 0 heterocycles. The quantitative estimate of drug-likeness (QED) is 0.523. The molecule has 0 atom stereocenters. The number of aliphatic hydroxyl groups excluding tert-OH is 1. The molecule has 0 bridgehead atoms. The maximum Gasteiger partial charge on any atom is 0.251 e. The molecule has 142 valence electrons. The van der Waals surface area contributed by atoms with Gasteiger partial charge in [0.15, 0.2) is 0 Å². The van der Waals surface area contributed by atoms with Gasteiger partial charge in [0, 0.05) is 24.3 Å². The largest absolute Gasteiger partial charge is 0.395 e. The van der Waals surface area contributed by atoms with Crippen LogP contribution in [-0.2, 0) is 0 Å². The minimum atomic E-state index is -0.186. The smallest absolute Gasteiger partial charge is 0.251 e. The van der Waals surface area contributed by atoms with E-state index in [0.29, 0.717) is 12.1 Å². The lowest BCUT2D eigenvalue weighted by Crippen LogP contribution is -2.26. The number of nitrogens with one attached hydrogen (secondary N) is 2. The Morgan fingerprint density at radius 3 is 2.11 bits per heavy atom. The van der Waals surface area contributed by atoms with Crippen molar-refractivity contribution >= 4 is 23.2 Å². The topological polar surface area (TPSA) is 61.4 Å². The second kappa shape index (κ2) is 10.1. The van der Waals surface area contributed by atoms with Gasteiger partial charge < -0.3 is 15.7 Å². The van der Waals surface area contributed by atoms with Gasteiger partial charge in [0.1, 0.15) is 0 Å². The van der Waals surface area contributed by atoms with E-state index in [-0.39, 0.29) is 19.1 Å².